The van der Waals surface area contributed by atoms with Gasteiger partial charge in [-0.2, -0.15) is 11.8 Å². The lowest BCUT2D eigenvalue weighted by molar-refractivity contribution is 0.0945. The van der Waals surface area contributed by atoms with Crippen LogP contribution in [0.5, 0.6) is 0 Å². The van der Waals surface area contributed by atoms with Crippen molar-refractivity contribution in [2.45, 2.75) is 24.5 Å². The molecule has 0 aliphatic carbocycles. The van der Waals surface area contributed by atoms with Gasteiger partial charge < -0.3 is 10.7 Å². The molecule has 1 unspecified atom stereocenters. The molecule has 0 bridgehead atoms. The molecule has 2 rings (SSSR count). The molecular weight excluding hydrogens is 248 g/mol. The Balaban J connectivity index is 1.94. The number of aromatic nitrogens is 1. The highest BCUT2D eigenvalue weighted by molar-refractivity contribution is 8.00. The van der Waals surface area contributed by atoms with Crippen LogP contribution < -0.4 is 16.6 Å². The zero-order valence-electron chi connectivity index (χ0n) is 10.4. The fourth-order valence-electron chi connectivity index (χ4n) is 1.98. The van der Waals surface area contributed by atoms with Crippen LogP contribution in [0.25, 0.3) is 0 Å². The third-order valence-corrected chi connectivity index (χ3v) is 4.59. The third kappa shape index (κ3) is 3.14. The molecule has 1 aliphatic heterocycles. The van der Waals surface area contributed by atoms with Crippen molar-refractivity contribution < 1.29 is 4.79 Å². The van der Waals surface area contributed by atoms with Crippen molar-refractivity contribution in [3.05, 3.63) is 23.9 Å². The topological polar surface area (TPSA) is 80.0 Å². The average molecular weight is 266 g/mol. The van der Waals surface area contributed by atoms with Crippen molar-refractivity contribution in [2.75, 3.05) is 17.7 Å². The van der Waals surface area contributed by atoms with E-state index in [-0.39, 0.29) is 10.7 Å². The summed E-state index contributed by atoms with van der Waals surface area (Å²) in [5, 5.41) is 2.94. The van der Waals surface area contributed by atoms with Gasteiger partial charge in [-0.15, -0.1) is 0 Å². The maximum absolute atomic E-state index is 12.0. The maximum atomic E-state index is 12.0. The lowest BCUT2D eigenvalue weighted by Gasteiger charge is -2.22. The van der Waals surface area contributed by atoms with Crippen LogP contribution in [0.4, 0.5) is 5.82 Å². The summed E-state index contributed by atoms with van der Waals surface area (Å²) < 4.78 is 0.166. The quantitative estimate of drug-likeness (QED) is 0.567. The molecule has 1 aromatic rings. The van der Waals surface area contributed by atoms with E-state index in [1.807, 2.05) is 11.8 Å². The van der Waals surface area contributed by atoms with E-state index in [9.17, 15) is 4.79 Å². The Labute approximate surface area is 111 Å². The summed E-state index contributed by atoms with van der Waals surface area (Å²) in [6.07, 6.45) is 2.37. The number of thioether (sulfide) groups is 1. The molecule has 4 N–H and O–H groups in total. The number of nitrogen functional groups attached to an aromatic ring is 1. The maximum Gasteiger partial charge on any atom is 0.270 e. The first kappa shape index (κ1) is 13.2. The molecule has 5 nitrogen and oxygen atoms in total. The van der Waals surface area contributed by atoms with Gasteiger partial charge in [0.05, 0.1) is 0 Å². The van der Waals surface area contributed by atoms with E-state index < -0.39 is 0 Å². The van der Waals surface area contributed by atoms with Crippen molar-refractivity contribution in [3.8, 4) is 0 Å². The van der Waals surface area contributed by atoms with Crippen LogP contribution in [0, 0.1) is 0 Å². The summed E-state index contributed by atoms with van der Waals surface area (Å²) in [5.41, 5.74) is 2.82. The molecule has 2 heterocycles. The molecule has 0 saturated carbocycles. The van der Waals surface area contributed by atoms with E-state index >= 15 is 0 Å². The molecule has 0 aromatic carbocycles. The lowest BCUT2D eigenvalue weighted by atomic mass is 10.1. The fraction of sp³-hybridized carbons (Fsp3) is 0.500. The second-order valence-electron chi connectivity index (χ2n) is 4.64. The predicted octanol–water partition coefficient (Wildman–Crippen LogP) is 1.38. The summed E-state index contributed by atoms with van der Waals surface area (Å²) in [6.45, 7) is 2.87. The SMILES string of the molecule is CC1(CNC(=O)c2cccc(NN)n2)CCCS1. The molecule has 1 amide bonds. The largest absolute Gasteiger partial charge is 0.349 e. The van der Waals surface area contributed by atoms with Gasteiger partial charge in [-0.3, -0.25) is 4.79 Å². The summed E-state index contributed by atoms with van der Waals surface area (Å²) >= 11 is 1.92. The highest BCUT2D eigenvalue weighted by atomic mass is 32.2. The second-order valence-corrected chi connectivity index (χ2v) is 6.32. The van der Waals surface area contributed by atoms with E-state index in [4.69, 9.17) is 5.84 Å². The number of carbonyl (C=O) groups is 1. The van der Waals surface area contributed by atoms with Crippen molar-refractivity contribution in [1.82, 2.24) is 10.3 Å². The van der Waals surface area contributed by atoms with Crippen molar-refractivity contribution in [3.63, 3.8) is 0 Å². The van der Waals surface area contributed by atoms with E-state index in [2.05, 4.69) is 22.7 Å². The van der Waals surface area contributed by atoms with Gasteiger partial charge >= 0.3 is 0 Å². The monoisotopic (exact) mass is 266 g/mol. The Morgan fingerprint density at radius 3 is 3.11 bits per heavy atom. The molecule has 1 fully saturated rings. The van der Waals surface area contributed by atoms with Crippen LogP contribution in [0.15, 0.2) is 18.2 Å². The van der Waals surface area contributed by atoms with Gasteiger partial charge in [0, 0.05) is 11.3 Å². The Morgan fingerprint density at radius 2 is 2.44 bits per heavy atom. The van der Waals surface area contributed by atoms with Gasteiger partial charge in [-0.25, -0.2) is 10.8 Å². The van der Waals surface area contributed by atoms with E-state index in [1.54, 1.807) is 18.2 Å². The molecule has 18 heavy (non-hydrogen) atoms. The van der Waals surface area contributed by atoms with E-state index in [1.165, 1.54) is 12.2 Å². The molecule has 0 radical (unpaired) electrons. The number of amides is 1. The van der Waals surface area contributed by atoms with Crippen LogP contribution in [0.1, 0.15) is 30.3 Å². The summed E-state index contributed by atoms with van der Waals surface area (Å²) in [4.78, 5) is 16.1. The molecule has 98 valence electrons. The number of nitrogens with two attached hydrogens (primary N) is 1. The highest BCUT2D eigenvalue weighted by Crippen LogP contribution is 2.36. The average Bonchev–Trinajstić information content (AvgIpc) is 2.83. The predicted molar refractivity (Wildman–Crippen MR) is 74.5 cm³/mol. The summed E-state index contributed by atoms with van der Waals surface area (Å²) in [6, 6.07) is 5.15. The minimum Gasteiger partial charge on any atom is -0.349 e. The minimum atomic E-state index is -0.152. The van der Waals surface area contributed by atoms with Gasteiger partial charge in [-0.05, 0) is 37.7 Å². The molecule has 1 atom stereocenters. The van der Waals surface area contributed by atoms with Crippen LogP contribution in [0.2, 0.25) is 0 Å². The molecular formula is C12H18N4OS. The first-order valence-electron chi connectivity index (χ1n) is 5.99. The standard InChI is InChI=1S/C12H18N4OS/c1-12(6-3-7-18-12)8-14-11(17)9-4-2-5-10(15-9)16-13/h2,4-5H,3,6-8,13H2,1H3,(H,14,17)(H,15,16). The second kappa shape index (κ2) is 5.58. The molecule has 6 heteroatoms. The van der Waals surface area contributed by atoms with Crippen LogP contribution in [0.3, 0.4) is 0 Å². The first-order chi connectivity index (χ1) is 8.63. The van der Waals surface area contributed by atoms with Crippen molar-refractivity contribution in [2.24, 2.45) is 5.84 Å². The molecule has 1 aliphatic rings. The first-order valence-corrected chi connectivity index (χ1v) is 6.97. The number of hydrogen-bond donors (Lipinski definition) is 3. The lowest BCUT2D eigenvalue weighted by Crippen LogP contribution is -2.37. The number of carbonyl (C=O) groups excluding carboxylic acids is 1. The molecule has 1 aromatic heterocycles. The highest BCUT2D eigenvalue weighted by Gasteiger charge is 2.29. The van der Waals surface area contributed by atoms with Gasteiger partial charge in [-0.1, -0.05) is 6.07 Å². The zero-order chi connectivity index (χ0) is 13.0. The smallest absolute Gasteiger partial charge is 0.270 e. The number of nitrogens with zero attached hydrogens (tertiary/aromatic N) is 1. The zero-order valence-corrected chi connectivity index (χ0v) is 11.2. The fourth-order valence-corrected chi connectivity index (χ4v) is 3.22. The van der Waals surface area contributed by atoms with E-state index in [0.717, 1.165) is 6.42 Å². The van der Waals surface area contributed by atoms with Crippen LogP contribution in [-0.4, -0.2) is 27.9 Å². The van der Waals surface area contributed by atoms with Crippen molar-refractivity contribution >= 4 is 23.5 Å². The molecule has 1 saturated heterocycles. The minimum absolute atomic E-state index is 0.152. The van der Waals surface area contributed by atoms with Gasteiger partial charge in [0.1, 0.15) is 11.5 Å². The summed E-state index contributed by atoms with van der Waals surface area (Å²) in [7, 11) is 0. The Kier molecular flexibility index (Phi) is 4.08. The summed E-state index contributed by atoms with van der Waals surface area (Å²) in [5.74, 6) is 6.78. The number of nitrogens with one attached hydrogen (secondary N) is 2. The van der Waals surface area contributed by atoms with Crippen LogP contribution >= 0.6 is 11.8 Å². The van der Waals surface area contributed by atoms with Gasteiger partial charge in [0.2, 0.25) is 0 Å². The number of anilines is 1. The normalized spacial score (nSPS) is 22.8. The Hall–Kier alpha value is -1.27. The van der Waals surface area contributed by atoms with E-state index in [0.29, 0.717) is 18.1 Å². The number of pyridine rings is 1. The van der Waals surface area contributed by atoms with Gasteiger partial charge in [0.15, 0.2) is 0 Å². The van der Waals surface area contributed by atoms with Gasteiger partial charge in [0.25, 0.3) is 5.91 Å². The number of hydrazine groups is 1. The Morgan fingerprint density at radius 1 is 1.61 bits per heavy atom. The van der Waals surface area contributed by atoms with Crippen molar-refractivity contribution in [1.29, 1.82) is 0 Å². The Bertz CT molecular complexity index is 432. The third-order valence-electron chi connectivity index (χ3n) is 3.05. The number of rotatable bonds is 4. The molecule has 0 spiro atoms. The number of hydrogen-bond acceptors (Lipinski definition) is 5. The van der Waals surface area contributed by atoms with Crippen LogP contribution in [-0.2, 0) is 0 Å².